The van der Waals surface area contributed by atoms with Crippen LogP contribution in [0.15, 0.2) is 18.3 Å². The molecule has 1 unspecified atom stereocenters. The van der Waals surface area contributed by atoms with Gasteiger partial charge >= 0.3 is 0 Å². The standard InChI is InChI=1S/C17H18N4O2/c1-10-8-19-17(20-9-12-3-4-16(22)21-12)14-6-15(23-2)11(7-18)5-13(10)14/h5-6,8,12H,3-4,9H2,1-2H3,(H,19,20)(H,21,22). The fourth-order valence-electron chi connectivity index (χ4n) is 2.85. The average Bonchev–Trinajstić information content (AvgIpc) is 2.98. The van der Waals surface area contributed by atoms with Gasteiger partial charge in [0, 0.05) is 30.6 Å². The maximum Gasteiger partial charge on any atom is 0.220 e. The predicted molar refractivity (Wildman–Crippen MR) is 87.4 cm³/mol. The van der Waals surface area contributed by atoms with E-state index in [9.17, 15) is 10.1 Å². The molecule has 0 bridgehead atoms. The Morgan fingerprint density at radius 3 is 2.96 bits per heavy atom. The molecule has 2 aromatic rings. The van der Waals surface area contributed by atoms with Crippen molar-refractivity contribution in [2.45, 2.75) is 25.8 Å². The summed E-state index contributed by atoms with van der Waals surface area (Å²) in [4.78, 5) is 15.7. The third kappa shape index (κ3) is 2.90. The van der Waals surface area contributed by atoms with E-state index in [0.29, 0.717) is 24.3 Å². The molecule has 1 aliphatic rings. The van der Waals surface area contributed by atoms with E-state index >= 15 is 0 Å². The SMILES string of the molecule is COc1cc2c(NCC3CCC(=O)N3)ncc(C)c2cc1C#N. The second-order valence-electron chi connectivity index (χ2n) is 5.68. The second-order valence-corrected chi connectivity index (χ2v) is 5.68. The fraction of sp³-hybridized carbons (Fsp3) is 0.353. The summed E-state index contributed by atoms with van der Waals surface area (Å²) in [6.45, 7) is 2.59. The summed E-state index contributed by atoms with van der Waals surface area (Å²) in [5.41, 5.74) is 1.50. The molecule has 1 fully saturated rings. The number of pyridine rings is 1. The lowest BCUT2D eigenvalue weighted by molar-refractivity contribution is -0.119. The molecule has 6 nitrogen and oxygen atoms in total. The fourth-order valence-corrected chi connectivity index (χ4v) is 2.85. The van der Waals surface area contributed by atoms with Crippen LogP contribution in [0, 0.1) is 18.3 Å². The van der Waals surface area contributed by atoms with Gasteiger partial charge in [-0.3, -0.25) is 4.79 Å². The molecule has 23 heavy (non-hydrogen) atoms. The number of fused-ring (bicyclic) bond motifs is 1. The van der Waals surface area contributed by atoms with E-state index in [0.717, 1.165) is 28.6 Å². The number of ether oxygens (including phenoxy) is 1. The maximum atomic E-state index is 11.3. The van der Waals surface area contributed by atoms with Gasteiger partial charge < -0.3 is 15.4 Å². The lowest BCUT2D eigenvalue weighted by atomic mass is 10.0. The highest BCUT2D eigenvalue weighted by atomic mass is 16.5. The summed E-state index contributed by atoms with van der Waals surface area (Å²) in [5.74, 6) is 1.36. The van der Waals surface area contributed by atoms with E-state index in [-0.39, 0.29) is 11.9 Å². The van der Waals surface area contributed by atoms with Gasteiger partial charge in [0.25, 0.3) is 0 Å². The van der Waals surface area contributed by atoms with Gasteiger partial charge in [-0.1, -0.05) is 0 Å². The molecular formula is C17H18N4O2. The number of rotatable bonds is 4. The lowest BCUT2D eigenvalue weighted by Crippen LogP contribution is -2.32. The van der Waals surface area contributed by atoms with Crippen LogP contribution in [0.3, 0.4) is 0 Å². The third-order valence-electron chi connectivity index (χ3n) is 4.13. The number of nitrogens with zero attached hydrogens (tertiary/aromatic N) is 2. The van der Waals surface area contributed by atoms with Gasteiger partial charge in [-0.25, -0.2) is 4.98 Å². The largest absolute Gasteiger partial charge is 0.495 e. The van der Waals surface area contributed by atoms with Crippen molar-refractivity contribution >= 4 is 22.5 Å². The topological polar surface area (TPSA) is 87.0 Å². The third-order valence-corrected chi connectivity index (χ3v) is 4.13. The molecule has 0 radical (unpaired) electrons. The molecular weight excluding hydrogens is 292 g/mol. The van der Waals surface area contributed by atoms with Gasteiger partial charge in [-0.15, -0.1) is 0 Å². The summed E-state index contributed by atoms with van der Waals surface area (Å²) in [6, 6.07) is 5.94. The minimum atomic E-state index is 0.0962. The molecule has 1 aliphatic heterocycles. The number of nitrogens with one attached hydrogen (secondary N) is 2. The van der Waals surface area contributed by atoms with E-state index in [1.54, 1.807) is 13.3 Å². The van der Waals surface area contributed by atoms with E-state index in [4.69, 9.17) is 4.74 Å². The molecule has 0 saturated carbocycles. The Labute approximate surface area is 134 Å². The summed E-state index contributed by atoms with van der Waals surface area (Å²) >= 11 is 0. The van der Waals surface area contributed by atoms with Crippen LogP contribution in [-0.4, -0.2) is 30.6 Å². The molecule has 1 aromatic heterocycles. The Kier molecular flexibility index (Phi) is 4.02. The number of nitriles is 1. The van der Waals surface area contributed by atoms with Crippen LogP contribution in [0.25, 0.3) is 10.8 Å². The van der Waals surface area contributed by atoms with Crippen LogP contribution in [0.5, 0.6) is 5.75 Å². The normalized spacial score (nSPS) is 16.9. The first-order valence-electron chi connectivity index (χ1n) is 7.53. The summed E-state index contributed by atoms with van der Waals surface area (Å²) in [7, 11) is 1.55. The zero-order chi connectivity index (χ0) is 16.4. The average molecular weight is 310 g/mol. The Balaban J connectivity index is 1.95. The molecule has 3 rings (SSSR count). The number of carbonyl (C=O) groups is 1. The van der Waals surface area contributed by atoms with Crippen LogP contribution < -0.4 is 15.4 Å². The minimum absolute atomic E-state index is 0.0962. The van der Waals surface area contributed by atoms with Crippen molar-refractivity contribution in [3.05, 3.63) is 29.5 Å². The van der Waals surface area contributed by atoms with Gasteiger partial charge in [-0.05, 0) is 36.4 Å². The van der Waals surface area contributed by atoms with Gasteiger partial charge in [0.15, 0.2) is 0 Å². The van der Waals surface area contributed by atoms with E-state index in [2.05, 4.69) is 21.7 Å². The van der Waals surface area contributed by atoms with Crippen LogP contribution in [-0.2, 0) is 4.79 Å². The van der Waals surface area contributed by atoms with Crippen molar-refractivity contribution in [3.8, 4) is 11.8 Å². The monoisotopic (exact) mass is 310 g/mol. The molecule has 2 N–H and O–H groups in total. The number of hydrogen-bond acceptors (Lipinski definition) is 5. The van der Waals surface area contributed by atoms with Crippen LogP contribution >= 0.6 is 0 Å². The van der Waals surface area contributed by atoms with Gasteiger partial charge in [0.1, 0.15) is 17.6 Å². The minimum Gasteiger partial charge on any atom is -0.495 e. The zero-order valence-corrected chi connectivity index (χ0v) is 13.1. The lowest BCUT2D eigenvalue weighted by Gasteiger charge is -2.15. The number of benzene rings is 1. The Bertz CT molecular complexity index is 810. The number of aryl methyl sites for hydroxylation is 1. The smallest absolute Gasteiger partial charge is 0.220 e. The molecule has 6 heteroatoms. The van der Waals surface area contributed by atoms with Crippen LogP contribution in [0.2, 0.25) is 0 Å². The van der Waals surface area contributed by atoms with Gasteiger partial charge in [0.2, 0.25) is 5.91 Å². The number of carbonyl (C=O) groups excluding carboxylic acids is 1. The van der Waals surface area contributed by atoms with Crippen molar-refractivity contribution in [1.82, 2.24) is 10.3 Å². The van der Waals surface area contributed by atoms with Crippen molar-refractivity contribution in [3.63, 3.8) is 0 Å². The van der Waals surface area contributed by atoms with Crippen molar-refractivity contribution in [1.29, 1.82) is 5.26 Å². The quantitative estimate of drug-likeness (QED) is 0.903. The number of amides is 1. The summed E-state index contributed by atoms with van der Waals surface area (Å²) in [6.07, 6.45) is 3.19. The molecule has 1 saturated heterocycles. The van der Waals surface area contributed by atoms with Gasteiger partial charge in [0.05, 0.1) is 12.7 Å². The van der Waals surface area contributed by atoms with Gasteiger partial charge in [-0.2, -0.15) is 5.26 Å². The summed E-state index contributed by atoms with van der Waals surface area (Å²) in [5, 5.41) is 17.3. The number of methoxy groups -OCH3 is 1. The molecule has 1 aromatic carbocycles. The highest BCUT2D eigenvalue weighted by molar-refractivity contribution is 5.96. The van der Waals surface area contributed by atoms with Crippen molar-refractivity contribution < 1.29 is 9.53 Å². The highest BCUT2D eigenvalue weighted by Crippen LogP contribution is 2.31. The molecule has 2 heterocycles. The second kappa shape index (κ2) is 6.13. The van der Waals surface area contributed by atoms with Crippen LogP contribution in [0.1, 0.15) is 24.0 Å². The first kappa shape index (κ1) is 15.1. The Morgan fingerprint density at radius 1 is 1.48 bits per heavy atom. The number of hydrogen-bond donors (Lipinski definition) is 2. The Hall–Kier alpha value is -2.81. The predicted octanol–water partition coefficient (Wildman–Crippen LogP) is 2.11. The van der Waals surface area contributed by atoms with Crippen molar-refractivity contribution in [2.75, 3.05) is 19.0 Å². The van der Waals surface area contributed by atoms with Crippen molar-refractivity contribution in [2.24, 2.45) is 0 Å². The Morgan fingerprint density at radius 2 is 2.30 bits per heavy atom. The van der Waals surface area contributed by atoms with E-state index in [1.165, 1.54) is 0 Å². The first-order chi connectivity index (χ1) is 11.1. The van der Waals surface area contributed by atoms with Crippen LogP contribution in [0.4, 0.5) is 5.82 Å². The maximum absolute atomic E-state index is 11.3. The number of aromatic nitrogens is 1. The summed E-state index contributed by atoms with van der Waals surface area (Å²) < 4.78 is 5.30. The van der Waals surface area contributed by atoms with E-state index < -0.39 is 0 Å². The zero-order valence-electron chi connectivity index (χ0n) is 13.1. The number of anilines is 1. The molecule has 1 amide bonds. The molecule has 0 aliphatic carbocycles. The first-order valence-corrected chi connectivity index (χ1v) is 7.53. The molecule has 1 atom stereocenters. The molecule has 0 spiro atoms. The highest BCUT2D eigenvalue weighted by Gasteiger charge is 2.20. The molecule has 118 valence electrons. The van der Waals surface area contributed by atoms with E-state index in [1.807, 2.05) is 19.1 Å².